The van der Waals surface area contributed by atoms with Crippen molar-refractivity contribution in [3.05, 3.63) is 99.6 Å². The van der Waals surface area contributed by atoms with Gasteiger partial charge in [0.25, 0.3) is 11.6 Å². The summed E-state index contributed by atoms with van der Waals surface area (Å²) >= 11 is 0. The summed E-state index contributed by atoms with van der Waals surface area (Å²) in [5.74, 6) is -1.28. The zero-order valence-corrected chi connectivity index (χ0v) is 31.1. The van der Waals surface area contributed by atoms with Gasteiger partial charge in [-0.1, -0.05) is 62.2 Å². The van der Waals surface area contributed by atoms with Crippen molar-refractivity contribution in [2.75, 3.05) is 29.5 Å². The van der Waals surface area contributed by atoms with Crippen molar-refractivity contribution in [3.63, 3.8) is 0 Å². The van der Waals surface area contributed by atoms with E-state index in [0.717, 1.165) is 42.5 Å². The van der Waals surface area contributed by atoms with Crippen LogP contribution in [-0.4, -0.2) is 71.6 Å². The molecule has 3 aromatic carbocycles. The van der Waals surface area contributed by atoms with Gasteiger partial charge < -0.3 is 29.3 Å². The fourth-order valence-corrected chi connectivity index (χ4v) is 11.0. The number of carbonyl (C=O) groups is 3. The second kappa shape index (κ2) is 15.3. The molecule has 276 valence electrons. The average Bonchev–Trinajstić information content (AvgIpc) is 3.52. The van der Waals surface area contributed by atoms with Gasteiger partial charge in [-0.2, -0.15) is 0 Å². The fraction of sp³-hybridized carbons (Fsp3) is 0.462. The maximum absolute atomic E-state index is 15.0. The highest BCUT2D eigenvalue weighted by molar-refractivity contribution is 6.71. The van der Waals surface area contributed by atoms with Crippen LogP contribution in [0.4, 0.5) is 17.1 Å². The number of aliphatic hydroxyl groups excluding tert-OH is 1. The van der Waals surface area contributed by atoms with Crippen molar-refractivity contribution in [1.29, 1.82) is 0 Å². The number of ether oxygens (including phenoxy) is 1. The molecule has 6 rings (SSSR count). The highest BCUT2D eigenvalue weighted by Gasteiger charge is 2.66. The number of rotatable bonds is 11. The zero-order chi connectivity index (χ0) is 37.2. The molecule has 0 aliphatic carbocycles. The standard InChI is InChI=1S/C39H48N4O8Si/c1-27-37(52(2,3)50)34(24-36(46)40(20-21-44)25-28-12-7-6-8-13-28)51-39(27)32-23-31(43(48)49)17-18-33(32)42(38(39)47)26-29-14-11-15-30(22-29)41-19-10-5-4-9-16-35(41)45/h6-8,11-15,17-18,22-23,27,34,37,44,50H,4-5,9-10,16,19-21,24-26H2,1-3H3/t27-,34+,37-,39+/m0/s1. The number of hydrogen-bond acceptors (Lipinski definition) is 8. The minimum absolute atomic E-state index is 0.0719. The molecule has 13 heteroatoms. The summed E-state index contributed by atoms with van der Waals surface area (Å²) in [4.78, 5) is 70.1. The monoisotopic (exact) mass is 728 g/mol. The zero-order valence-electron chi connectivity index (χ0n) is 30.1. The third-order valence-electron chi connectivity index (χ3n) is 10.9. The average molecular weight is 729 g/mol. The van der Waals surface area contributed by atoms with Crippen LogP contribution in [0.2, 0.25) is 18.6 Å². The first-order chi connectivity index (χ1) is 24.8. The fourth-order valence-electron chi connectivity index (χ4n) is 8.49. The van der Waals surface area contributed by atoms with E-state index in [1.807, 2.05) is 66.4 Å². The van der Waals surface area contributed by atoms with Gasteiger partial charge >= 0.3 is 0 Å². The van der Waals surface area contributed by atoms with Gasteiger partial charge in [0.05, 0.1) is 36.3 Å². The number of carbonyl (C=O) groups excluding carboxylic acids is 3. The summed E-state index contributed by atoms with van der Waals surface area (Å²) in [7, 11) is -3.15. The molecule has 3 aromatic rings. The topological polar surface area (TPSA) is 154 Å². The number of nitro groups is 1. The minimum atomic E-state index is -3.15. The molecule has 0 aromatic heterocycles. The molecular formula is C39H48N4O8Si. The second-order valence-electron chi connectivity index (χ2n) is 14.8. The number of amides is 3. The Morgan fingerprint density at radius 1 is 1.02 bits per heavy atom. The summed E-state index contributed by atoms with van der Waals surface area (Å²) in [5.41, 5.74) is 0.743. The summed E-state index contributed by atoms with van der Waals surface area (Å²) in [6.07, 6.45) is 3.32. The summed E-state index contributed by atoms with van der Waals surface area (Å²) < 4.78 is 6.81. The molecule has 0 saturated carbocycles. The van der Waals surface area contributed by atoms with E-state index in [0.29, 0.717) is 24.2 Å². The van der Waals surface area contributed by atoms with Crippen molar-refractivity contribution >= 4 is 43.1 Å². The predicted molar refractivity (Wildman–Crippen MR) is 199 cm³/mol. The van der Waals surface area contributed by atoms with E-state index in [1.54, 1.807) is 29.0 Å². The number of nitro benzene ring substituents is 1. The van der Waals surface area contributed by atoms with Gasteiger partial charge in [-0.05, 0) is 55.3 Å². The Hall–Kier alpha value is -4.43. The van der Waals surface area contributed by atoms with Gasteiger partial charge in [-0.15, -0.1) is 0 Å². The molecule has 2 N–H and O–H groups in total. The van der Waals surface area contributed by atoms with E-state index in [9.17, 15) is 34.4 Å². The van der Waals surface area contributed by atoms with Gasteiger partial charge in [0.15, 0.2) is 13.9 Å². The van der Waals surface area contributed by atoms with Crippen LogP contribution in [0.5, 0.6) is 0 Å². The van der Waals surface area contributed by atoms with E-state index in [4.69, 9.17) is 4.74 Å². The van der Waals surface area contributed by atoms with E-state index < -0.39 is 42.3 Å². The summed E-state index contributed by atoms with van der Waals surface area (Å²) in [6.45, 7) is 6.19. The van der Waals surface area contributed by atoms with Crippen LogP contribution in [0, 0.1) is 16.0 Å². The van der Waals surface area contributed by atoms with E-state index >= 15 is 0 Å². The number of aliphatic hydroxyl groups is 1. The molecule has 2 fully saturated rings. The van der Waals surface area contributed by atoms with E-state index in [2.05, 4.69) is 0 Å². The maximum Gasteiger partial charge on any atom is 0.269 e. The molecule has 1 spiro atoms. The Labute approximate surface area is 305 Å². The number of fused-ring (bicyclic) bond motifs is 2. The smallest absolute Gasteiger partial charge is 0.269 e. The molecule has 3 aliphatic heterocycles. The molecule has 0 unspecified atom stereocenters. The summed E-state index contributed by atoms with van der Waals surface area (Å²) in [6, 6.07) is 21.3. The quantitative estimate of drug-likeness (QED) is 0.146. The third kappa shape index (κ3) is 7.27. The molecule has 52 heavy (non-hydrogen) atoms. The Bertz CT molecular complexity index is 1820. The highest BCUT2D eigenvalue weighted by Crippen LogP contribution is 2.60. The van der Waals surface area contributed by atoms with Crippen LogP contribution in [0.3, 0.4) is 0 Å². The lowest BCUT2D eigenvalue weighted by atomic mass is 9.82. The van der Waals surface area contributed by atoms with Gasteiger partial charge in [0.2, 0.25) is 11.8 Å². The van der Waals surface area contributed by atoms with Crippen molar-refractivity contribution in [2.24, 2.45) is 5.92 Å². The molecule has 0 bridgehead atoms. The molecule has 3 aliphatic rings. The number of nitrogens with zero attached hydrogens (tertiary/aromatic N) is 4. The highest BCUT2D eigenvalue weighted by atomic mass is 28.4. The number of benzene rings is 3. The Balaban J connectivity index is 1.35. The lowest BCUT2D eigenvalue weighted by Crippen LogP contribution is -2.46. The van der Waals surface area contributed by atoms with Gasteiger partial charge in [-0.25, -0.2) is 0 Å². The number of non-ortho nitro benzene ring substituents is 1. The molecule has 12 nitrogen and oxygen atoms in total. The second-order valence-corrected chi connectivity index (χ2v) is 18.8. The first-order valence-electron chi connectivity index (χ1n) is 18.2. The maximum atomic E-state index is 15.0. The normalized spacial score (nSPS) is 23.4. The van der Waals surface area contributed by atoms with Gasteiger partial charge in [0.1, 0.15) is 0 Å². The van der Waals surface area contributed by atoms with Crippen molar-refractivity contribution < 1.29 is 33.9 Å². The van der Waals surface area contributed by atoms with Gasteiger partial charge in [0, 0.05) is 60.9 Å². The summed E-state index contributed by atoms with van der Waals surface area (Å²) in [5, 5.41) is 21.9. The molecule has 2 saturated heterocycles. The first kappa shape index (κ1) is 37.3. The van der Waals surface area contributed by atoms with Crippen LogP contribution >= 0.6 is 0 Å². The lowest BCUT2D eigenvalue weighted by molar-refractivity contribution is -0.385. The van der Waals surface area contributed by atoms with E-state index in [1.165, 1.54) is 12.1 Å². The van der Waals surface area contributed by atoms with Crippen LogP contribution in [0.15, 0.2) is 72.8 Å². The molecule has 3 amide bonds. The third-order valence-corrected chi connectivity index (χ3v) is 13.4. The van der Waals surface area contributed by atoms with Gasteiger partial charge in [-0.3, -0.25) is 24.5 Å². The first-order valence-corrected chi connectivity index (χ1v) is 21.2. The Morgan fingerprint density at radius 3 is 2.46 bits per heavy atom. The minimum Gasteiger partial charge on any atom is -0.432 e. The number of hydrogen-bond donors (Lipinski definition) is 2. The van der Waals surface area contributed by atoms with Crippen LogP contribution in [0.1, 0.15) is 62.1 Å². The van der Waals surface area contributed by atoms with Crippen molar-refractivity contribution in [3.8, 4) is 0 Å². The Kier molecular flexibility index (Phi) is 11.0. The van der Waals surface area contributed by atoms with Crippen LogP contribution in [0.25, 0.3) is 0 Å². The van der Waals surface area contributed by atoms with Crippen LogP contribution in [-0.2, 0) is 37.8 Å². The van der Waals surface area contributed by atoms with Crippen molar-refractivity contribution in [1.82, 2.24) is 4.90 Å². The largest absolute Gasteiger partial charge is 0.432 e. The molecular weight excluding hydrogens is 681 g/mol. The predicted octanol–water partition coefficient (Wildman–Crippen LogP) is 5.65. The van der Waals surface area contributed by atoms with E-state index in [-0.39, 0.29) is 50.2 Å². The van der Waals surface area contributed by atoms with Crippen LogP contribution < -0.4 is 9.80 Å². The lowest BCUT2D eigenvalue weighted by Gasteiger charge is -2.32. The van der Waals surface area contributed by atoms with Crippen molar-refractivity contribution in [2.45, 2.75) is 88.9 Å². The molecule has 0 radical (unpaired) electrons. The molecule has 3 heterocycles. The SMILES string of the molecule is C[C@H]1[C@H]([Si](C)(C)O)[C@@H](CC(=O)N(CCO)Cc2ccccc2)O[C@]12C(=O)N(Cc1cccc(N3CCCCCCC3=O)c1)c1ccc([N+](=O)[O-])cc12. The Morgan fingerprint density at radius 2 is 1.75 bits per heavy atom. The molecule has 4 atom stereocenters. The number of anilines is 2.